The second-order valence-corrected chi connectivity index (χ2v) is 8.46. The van der Waals surface area contributed by atoms with Crippen LogP contribution in [0.3, 0.4) is 0 Å². The van der Waals surface area contributed by atoms with Gasteiger partial charge in [-0.3, -0.25) is 4.68 Å². The van der Waals surface area contributed by atoms with Crippen molar-refractivity contribution in [1.29, 1.82) is 0 Å². The zero-order valence-corrected chi connectivity index (χ0v) is 15.2. The molecule has 0 aliphatic rings. The average molecular weight is 335 g/mol. The van der Waals surface area contributed by atoms with E-state index >= 15 is 0 Å². The van der Waals surface area contributed by atoms with Crippen molar-refractivity contribution >= 4 is 10.0 Å². The van der Waals surface area contributed by atoms with Gasteiger partial charge in [-0.2, -0.15) is 5.10 Å². The molecule has 0 bridgehead atoms. The molecule has 0 amide bonds. The minimum Gasteiger partial charge on any atom is -0.272 e. The number of benzene rings is 1. The maximum atomic E-state index is 12.4. The SMILES string of the molecule is CCn1cc(CNS(=O)(=O)c2ccc(C(C)(C)C)cc2)c(C)n1. The van der Waals surface area contributed by atoms with E-state index < -0.39 is 10.0 Å². The van der Waals surface area contributed by atoms with Crippen LogP contribution in [0, 0.1) is 6.92 Å². The molecule has 5 nitrogen and oxygen atoms in total. The Hall–Kier alpha value is -1.66. The van der Waals surface area contributed by atoms with E-state index in [0.717, 1.165) is 23.4 Å². The molecule has 0 aliphatic carbocycles. The summed E-state index contributed by atoms with van der Waals surface area (Å²) >= 11 is 0. The molecule has 1 aromatic carbocycles. The standard InChI is InChI=1S/C17H25N3O2S/c1-6-20-12-14(13(2)19-20)11-18-23(21,22)16-9-7-15(8-10-16)17(3,4)5/h7-10,12,18H,6,11H2,1-5H3. The van der Waals surface area contributed by atoms with E-state index in [1.54, 1.807) is 16.8 Å². The summed E-state index contributed by atoms with van der Waals surface area (Å²) in [6, 6.07) is 7.06. The second-order valence-electron chi connectivity index (χ2n) is 6.69. The number of hydrogen-bond donors (Lipinski definition) is 1. The Labute approximate surface area is 138 Å². The summed E-state index contributed by atoms with van der Waals surface area (Å²) in [4.78, 5) is 0.283. The van der Waals surface area contributed by atoms with Crippen molar-refractivity contribution in [2.45, 2.75) is 58.0 Å². The molecule has 0 fully saturated rings. The lowest BCUT2D eigenvalue weighted by molar-refractivity contribution is 0.578. The van der Waals surface area contributed by atoms with Crippen LogP contribution in [0.25, 0.3) is 0 Å². The topological polar surface area (TPSA) is 64.0 Å². The number of aryl methyl sites for hydroxylation is 2. The molecular weight excluding hydrogens is 310 g/mol. The lowest BCUT2D eigenvalue weighted by atomic mass is 9.87. The minimum atomic E-state index is -3.52. The van der Waals surface area contributed by atoms with Crippen molar-refractivity contribution in [3.8, 4) is 0 Å². The number of hydrogen-bond acceptors (Lipinski definition) is 3. The molecule has 0 unspecified atom stereocenters. The van der Waals surface area contributed by atoms with Gasteiger partial charge in [-0.05, 0) is 37.0 Å². The summed E-state index contributed by atoms with van der Waals surface area (Å²) in [5, 5.41) is 4.32. The van der Waals surface area contributed by atoms with Crippen LogP contribution in [0.4, 0.5) is 0 Å². The smallest absolute Gasteiger partial charge is 0.240 e. The zero-order valence-electron chi connectivity index (χ0n) is 14.4. The van der Waals surface area contributed by atoms with Gasteiger partial charge in [0.15, 0.2) is 0 Å². The Morgan fingerprint density at radius 1 is 1.17 bits per heavy atom. The predicted octanol–water partition coefficient (Wildman–Crippen LogP) is 2.99. The number of aromatic nitrogens is 2. The molecule has 0 saturated heterocycles. The van der Waals surface area contributed by atoms with Gasteiger partial charge in [-0.25, -0.2) is 13.1 Å². The summed E-state index contributed by atoms with van der Waals surface area (Å²) in [6.07, 6.45) is 1.88. The summed E-state index contributed by atoms with van der Waals surface area (Å²) in [7, 11) is -3.52. The molecule has 0 saturated carbocycles. The van der Waals surface area contributed by atoms with Crippen molar-refractivity contribution in [2.75, 3.05) is 0 Å². The van der Waals surface area contributed by atoms with Crippen LogP contribution in [0.2, 0.25) is 0 Å². The molecule has 0 aliphatic heterocycles. The minimum absolute atomic E-state index is 0.00155. The van der Waals surface area contributed by atoms with Crippen LogP contribution < -0.4 is 4.72 Å². The first-order chi connectivity index (χ1) is 10.6. The summed E-state index contributed by atoms with van der Waals surface area (Å²) in [5.74, 6) is 0. The first kappa shape index (κ1) is 17.7. The van der Waals surface area contributed by atoms with Gasteiger partial charge in [-0.15, -0.1) is 0 Å². The summed E-state index contributed by atoms with van der Waals surface area (Å²) in [5.41, 5.74) is 2.84. The highest BCUT2D eigenvalue weighted by Gasteiger charge is 2.18. The lowest BCUT2D eigenvalue weighted by Crippen LogP contribution is -2.23. The number of rotatable bonds is 5. The molecule has 2 aromatic rings. The third-order valence-electron chi connectivity index (χ3n) is 3.86. The van der Waals surface area contributed by atoms with Gasteiger partial charge in [0.2, 0.25) is 10.0 Å². The van der Waals surface area contributed by atoms with Gasteiger partial charge in [0.1, 0.15) is 0 Å². The third-order valence-corrected chi connectivity index (χ3v) is 5.27. The predicted molar refractivity (Wildman–Crippen MR) is 91.8 cm³/mol. The molecule has 1 N–H and O–H groups in total. The fourth-order valence-corrected chi connectivity index (χ4v) is 3.29. The Balaban J connectivity index is 2.14. The number of nitrogens with zero attached hydrogens (tertiary/aromatic N) is 2. The van der Waals surface area contributed by atoms with Crippen LogP contribution in [-0.2, 0) is 28.5 Å². The maximum absolute atomic E-state index is 12.4. The highest BCUT2D eigenvalue weighted by atomic mass is 32.2. The van der Waals surface area contributed by atoms with E-state index in [1.165, 1.54) is 0 Å². The highest BCUT2D eigenvalue weighted by Crippen LogP contribution is 2.23. The van der Waals surface area contributed by atoms with E-state index in [4.69, 9.17) is 0 Å². The average Bonchev–Trinajstić information content (AvgIpc) is 2.85. The Morgan fingerprint density at radius 3 is 2.26 bits per heavy atom. The van der Waals surface area contributed by atoms with E-state index in [-0.39, 0.29) is 16.9 Å². The second kappa shape index (κ2) is 6.45. The Kier molecular flexibility index (Phi) is 4.96. The van der Waals surface area contributed by atoms with Gasteiger partial charge in [-0.1, -0.05) is 32.9 Å². The normalized spacial score (nSPS) is 12.6. The van der Waals surface area contributed by atoms with E-state index in [2.05, 4.69) is 30.6 Å². The molecule has 2 rings (SSSR count). The monoisotopic (exact) mass is 335 g/mol. The van der Waals surface area contributed by atoms with Crippen molar-refractivity contribution in [3.05, 3.63) is 47.3 Å². The molecule has 23 heavy (non-hydrogen) atoms. The van der Waals surface area contributed by atoms with Crippen LogP contribution in [0.1, 0.15) is 44.5 Å². The molecule has 126 valence electrons. The van der Waals surface area contributed by atoms with Gasteiger partial charge >= 0.3 is 0 Å². The van der Waals surface area contributed by atoms with Crippen molar-refractivity contribution in [2.24, 2.45) is 0 Å². The van der Waals surface area contributed by atoms with E-state index in [0.29, 0.717) is 0 Å². The van der Waals surface area contributed by atoms with Crippen LogP contribution in [0.15, 0.2) is 35.4 Å². The molecule has 1 heterocycles. The number of nitrogens with one attached hydrogen (secondary N) is 1. The van der Waals surface area contributed by atoms with Gasteiger partial charge in [0.25, 0.3) is 0 Å². The first-order valence-corrected chi connectivity index (χ1v) is 9.25. The Bertz CT molecular complexity index is 769. The van der Waals surface area contributed by atoms with Crippen molar-refractivity contribution in [1.82, 2.24) is 14.5 Å². The molecule has 0 atom stereocenters. The molecule has 0 spiro atoms. The fraction of sp³-hybridized carbons (Fsp3) is 0.471. The molecule has 0 radical (unpaired) electrons. The quantitative estimate of drug-likeness (QED) is 0.913. The van der Waals surface area contributed by atoms with E-state index in [9.17, 15) is 8.42 Å². The van der Waals surface area contributed by atoms with Gasteiger partial charge in [0, 0.05) is 24.8 Å². The molecule has 1 aromatic heterocycles. The molecular formula is C17H25N3O2S. The number of sulfonamides is 1. The van der Waals surface area contributed by atoms with Gasteiger partial charge in [0.05, 0.1) is 10.6 Å². The largest absolute Gasteiger partial charge is 0.272 e. The first-order valence-electron chi connectivity index (χ1n) is 7.76. The lowest BCUT2D eigenvalue weighted by Gasteiger charge is -2.19. The van der Waals surface area contributed by atoms with E-state index in [1.807, 2.05) is 32.2 Å². The molecule has 6 heteroatoms. The fourth-order valence-electron chi connectivity index (χ4n) is 2.28. The third kappa shape index (κ3) is 4.20. The van der Waals surface area contributed by atoms with Crippen LogP contribution in [0.5, 0.6) is 0 Å². The summed E-state index contributed by atoms with van der Waals surface area (Å²) in [6.45, 7) is 11.2. The van der Waals surface area contributed by atoms with Crippen LogP contribution >= 0.6 is 0 Å². The summed E-state index contributed by atoms with van der Waals surface area (Å²) < 4.78 is 29.3. The maximum Gasteiger partial charge on any atom is 0.240 e. The van der Waals surface area contributed by atoms with Crippen molar-refractivity contribution in [3.63, 3.8) is 0 Å². The highest BCUT2D eigenvalue weighted by molar-refractivity contribution is 7.89. The van der Waals surface area contributed by atoms with Crippen molar-refractivity contribution < 1.29 is 8.42 Å². The van der Waals surface area contributed by atoms with Gasteiger partial charge < -0.3 is 0 Å². The van der Waals surface area contributed by atoms with Crippen LogP contribution in [-0.4, -0.2) is 18.2 Å². The Morgan fingerprint density at radius 2 is 1.78 bits per heavy atom. The zero-order chi connectivity index (χ0) is 17.3.